The Hall–Kier alpha value is -1.77. The minimum atomic E-state index is -0.766. The summed E-state index contributed by atoms with van der Waals surface area (Å²) in [6.07, 6.45) is 4.57. The zero-order valence-corrected chi connectivity index (χ0v) is 11.1. The molecule has 0 saturated heterocycles. The highest BCUT2D eigenvalue weighted by molar-refractivity contribution is 5.67. The first kappa shape index (κ1) is 14.3. The van der Waals surface area contributed by atoms with Crippen molar-refractivity contribution >= 4 is 12.0 Å². The van der Waals surface area contributed by atoms with Crippen LogP contribution in [0.3, 0.4) is 0 Å². The van der Waals surface area contributed by atoms with Crippen LogP contribution in [0, 0.1) is 0 Å². The van der Waals surface area contributed by atoms with Crippen molar-refractivity contribution in [3.63, 3.8) is 0 Å². The number of carbonyl (C=O) groups is 1. The second kappa shape index (κ2) is 6.84. The smallest absolute Gasteiger partial charge is 0.303 e. The van der Waals surface area contributed by atoms with Crippen molar-refractivity contribution in [2.45, 2.75) is 32.6 Å². The van der Waals surface area contributed by atoms with Crippen LogP contribution in [0.1, 0.15) is 43.7 Å². The number of carboxylic acids is 1. The minimum Gasteiger partial charge on any atom is -0.496 e. The Morgan fingerprint density at radius 1 is 1.44 bits per heavy atom. The number of hydrogen-bond donors (Lipinski definition) is 1. The van der Waals surface area contributed by atoms with Crippen LogP contribution < -0.4 is 4.74 Å². The Labute approximate surface area is 108 Å². The number of hydrogen-bond acceptors (Lipinski definition) is 2. The first-order valence-electron chi connectivity index (χ1n) is 6.11. The van der Waals surface area contributed by atoms with Gasteiger partial charge in [-0.2, -0.15) is 0 Å². The van der Waals surface area contributed by atoms with E-state index in [1.165, 1.54) is 0 Å². The number of allylic oxidation sites excluding steroid dienone is 1. The van der Waals surface area contributed by atoms with Crippen LogP contribution in [-0.2, 0) is 4.79 Å². The predicted octanol–water partition coefficient (Wildman–Crippen LogP) is 3.70. The maximum absolute atomic E-state index is 10.4. The maximum Gasteiger partial charge on any atom is 0.303 e. The molecule has 1 aromatic carbocycles. The number of aliphatic carboxylic acids is 1. The molecule has 0 aliphatic carbocycles. The fourth-order valence-electron chi connectivity index (χ4n) is 1.73. The minimum absolute atomic E-state index is 0.170. The first-order chi connectivity index (χ1) is 8.54. The Morgan fingerprint density at radius 2 is 2.17 bits per heavy atom. The standard InChI is InChI=1S/C15H20O3/c1-11(2)13-10-12(8-9-14(13)18-3)6-4-5-7-15(16)17/h4,6,8-11H,5,7H2,1-3H3,(H,16,17)/b6-4+. The molecule has 0 fully saturated rings. The molecule has 0 saturated carbocycles. The number of methoxy groups -OCH3 is 1. The topological polar surface area (TPSA) is 46.5 Å². The molecular formula is C15H20O3. The molecule has 0 aliphatic heterocycles. The van der Waals surface area contributed by atoms with Crippen molar-refractivity contribution in [3.05, 3.63) is 35.4 Å². The van der Waals surface area contributed by atoms with Gasteiger partial charge in [-0.1, -0.05) is 32.1 Å². The van der Waals surface area contributed by atoms with Gasteiger partial charge in [0.25, 0.3) is 0 Å². The summed E-state index contributed by atoms with van der Waals surface area (Å²) in [7, 11) is 1.67. The molecule has 3 heteroatoms. The third-order valence-electron chi connectivity index (χ3n) is 2.71. The van der Waals surface area contributed by atoms with Crippen LogP contribution in [0.5, 0.6) is 5.75 Å². The third kappa shape index (κ3) is 4.24. The molecule has 0 amide bonds. The molecule has 1 aromatic rings. The Morgan fingerprint density at radius 3 is 2.72 bits per heavy atom. The molecule has 0 aromatic heterocycles. The Kier molecular flexibility index (Phi) is 5.43. The molecule has 3 nitrogen and oxygen atoms in total. The first-order valence-corrected chi connectivity index (χ1v) is 6.11. The van der Waals surface area contributed by atoms with E-state index in [0.29, 0.717) is 12.3 Å². The van der Waals surface area contributed by atoms with Gasteiger partial charge in [-0.3, -0.25) is 4.79 Å². The van der Waals surface area contributed by atoms with E-state index in [0.717, 1.165) is 16.9 Å². The molecule has 1 N–H and O–H groups in total. The van der Waals surface area contributed by atoms with Gasteiger partial charge in [-0.25, -0.2) is 0 Å². The summed E-state index contributed by atoms with van der Waals surface area (Å²) in [5.41, 5.74) is 2.24. The van der Waals surface area contributed by atoms with E-state index < -0.39 is 5.97 Å². The van der Waals surface area contributed by atoms with Gasteiger partial charge in [0.05, 0.1) is 7.11 Å². The molecule has 0 bridgehead atoms. The summed E-state index contributed by atoms with van der Waals surface area (Å²) in [6, 6.07) is 6.01. The van der Waals surface area contributed by atoms with Crippen LogP contribution in [0.15, 0.2) is 24.3 Å². The summed E-state index contributed by atoms with van der Waals surface area (Å²) in [5.74, 6) is 0.525. The second-order valence-electron chi connectivity index (χ2n) is 4.49. The number of carboxylic acid groups (broad SMARTS) is 1. The summed E-state index contributed by atoms with van der Waals surface area (Å²) in [5, 5.41) is 8.55. The second-order valence-corrected chi connectivity index (χ2v) is 4.49. The normalized spacial score (nSPS) is 11.1. The lowest BCUT2D eigenvalue weighted by molar-refractivity contribution is -0.136. The van der Waals surface area contributed by atoms with Gasteiger partial charge in [0, 0.05) is 6.42 Å². The number of rotatable bonds is 6. The quantitative estimate of drug-likeness (QED) is 0.835. The molecule has 0 heterocycles. The lowest BCUT2D eigenvalue weighted by Crippen LogP contribution is -1.94. The molecule has 1 rings (SSSR count). The van der Waals surface area contributed by atoms with Crippen LogP contribution >= 0.6 is 0 Å². The zero-order valence-electron chi connectivity index (χ0n) is 11.1. The summed E-state index contributed by atoms with van der Waals surface area (Å²) >= 11 is 0. The van der Waals surface area contributed by atoms with Gasteiger partial charge in [-0.15, -0.1) is 0 Å². The largest absolute Gasteiger partial charge is 0.496 e. The maximum atomic E-state index is 10.4. The van der Waals surface area contributed by atoms with E-state index in [2.05, 4.69) is 19.9 Å². The fourth-order valence-corrected chi connectivity index (χ4v) is 1.73. The molecule has 0 radical (unpaired) electrons. The highest BCUT2D eigenvalue weighted by Gasteiger charge is 2.07. The van der Waals surface area contributed by atoms with Gasteiger partial charge in [0.15, 0.2) is 0 Å². The van der Waals surface area contributed by atoms with Crippen LogP contribution in [0.2, 0.25) is 0 Å². The average Bonchev–Trinajstić information content (AvgIpc) is 2.34. The van der Waals surface area contributed by atoms with E-state index in [9.17, 15) is 4.79 Å². The SMILES string of the molecule is COc1ccc(/C=C/CCC(=O)O)cc1C(C)C. The molecule has 0 aliphatic rings. The van der Waals surface area contributed by atoms with E-state index in [4.69, 9.17) is 9.84 Å². The zero-order chi connectivity index (χ0) is 13.5. The Balaban J connectivity index is 2.78. The van der Waals surface area contributed by atoms with Crippen molar-refractivity contribution in [1.82, 2.24) is 0 Å². The van der Waals surface area contributed by atoms with Crippen LogP contribution in [-0.4, -0.2) is 18.2 Å². The molecular weight excluding hydrogens is 228 g/mol. The van der Waals surface area contributed by atoms with Gasteiger partial charge in [0.2, 0.25) is 0 Å². The molecule has 98 valence electrons. The number of benzene rings is 1. The van der Waals surface area contributed by atoms with Crippen LogP contribution in [0.4, 0.5) is 0 Å². The van der Waals surface area contributed by atoms with Gasteiger partial charge < -0.3 is 9.84 Å². The van der Waals surface area contributed by atoms with Crippen molar-refractivity contribution < 1.29 is 14.6 Å². The van der Waals surface area contributed by atoms with E-state index in [1.807, 2.05) is 24.3 Å². The van der Waals surface area contributed by atoms with E-state index >= 15 is 0 Å². The average molecular weight is 248 g/mol. The summed E-state index contributed by atoms with van der Waals surface area (Å²) < 4.78 is 5.32. The van der Waals surface area contributed by atoms with Crippen molar-refractivity contribution in [3.8, 4) is 5.75 Å². The van der Waals surface area contributed by atoms with Gasteiger partial charge in [-0.05, 0) is 35.6 Å². The lowest BCUT2D eigenvalue weighted by Gasteiger charge is -2.12. The van der Waals surface area contributed by atoms with Crippen molar-refractivity contribution in [1.29, 1.82) is 0 Å². The monoisotopic (exact) mass is 248 g/mol. The molecule has 18 heavy (non-hydrogen) atoms. The predicted molar refractivity (Wildman–Crippen MR) is 73.0 cm³/mol. The molecule has 0 atom stereocenters. The highest BCUT2D eigenvalue weighted by atomic mass is 16.5. The van der Waals surface area contributed by atoms with Crippen molar-refractivity contribution in [2.75, 3.05) is 7.11 Å². The number of ether oxygens (including phenoxy) is 1. The van der Waals surface area contributed by atoms with E-state index in [1.54, 1.807) is 7.11 Å². The lowest BCUT2D eigenvalue weighted by atomic mass is 9.99. The Bertz CT molecular complexity index is 433. The third-order valence-corrected chi connectivity index (χ3v) is 2.71. The van der Waals surface area contributed by atoms with Gasteiger partial charge >= 0.3 is 5.97 Å². The van der Waals surface area contributed by atoms with Crippen molar-refractivity contribution in [2.24, 2.45) is 0 Å². The molecule has 0 spiro atoms. The highest BCUT2D eigenvalue weighted by Crippen LogP contribution is 2.27. The van der Waals surface area contributed by atoms with Crippen LogP contribution in [0.25, 0.3) is 6.08 Å². The molecule has 0 unspecified atom stereocenters. The summed E-state index contributed by atoms with van der Waals surface area (Å²) in [4.78, 5) is 10.4. The summed E-state index contributed by atoms with van der Waals surface area (Å²) in [6.45, 7) is 4.24. The van der Waals surface area contributed by atoms with Gasteiger partial charge in [0.1, 0.15) is 5.75 Å². The fraction of sp³-hybridized carbons (Fsp3) is 0.400. The van der Waals surface area contributed by atoms with E-state index in [-0.39, 0.29) is 6.42 Å².